The third-order valence-corrected chi connectivity index (χ3v) is 2.80. The van der Waals surface area contributed by atoms with Crippen LogP contribution in [0.2, 0.25) is 0 Å². The highest BCUT2D eigenvalue weighted by atomic mass is 16.2. The molecular weight excluding hydrogens is 274 g/mol. The minimum absolute atomic E-state index is 0.0333. The molecule has 0 radical (unpaired) electrons. The highest BCUT2D eigenvalue weighted by molar-refractivity contribution is 6.37. The number of hydrogen-bond donors (Lipinski definition) is 3. The van der Waals surface area contributed by atoms with E-state index in [1.807, 2.05) is 0 Å². The summed E-state index contributed by atoms with van der Waals surface area (Å²) in [5.41, 5.74) is 0. The van der Waals surface area contributed by atoms with Crippen molar-refractivity contribution in [2.24, 2.45) is 0 Å². The van der Waals surface area contributed by atoms with E-state index in [9.17, 15) is 19.2 Å². The Bertz CT molecular complexity index is 369. The molecule has 0 aromatic rings. The van der Waals surface area contributed by atoms with Crippen molar-refractivity contribution in [2.45, 2.75) is 39.0 Å². The summed E-state index contributed by atoms with van der Waals surface area (Å²) in [5.74, 6) is -2.36. The van der Waals surface area contributed by atoms with Gasteiger partial charge in [-0.25, -0.2) is 0 Å². The summed E-state index contributed by atoms with van der Waals surface area (Å²) < 4.78 is 0. The molecule has 21 heavy (non-hydrogen) atoms. The second-order valence-corrected chi connectivity index (χ2v) is 4.70. The van der Waals surface area contributed by atoms with Gasteiger partial charge in [-0.2, -0.15) is 0 Å². The Morgan fingerprint density at radius 1 is 0.810 bits per heavy atom. The molecule has 120 valence electrons. The first-order chi connectivity index (χ1) is 10.0. The van der Waals surface area contributed by atoms with Crippen molar-refractivity contribution in [3.05, 3.63) is 0 Å². The predicted molar refractivity (Wildman–Crippen MR) is 78.7 cm³/mol. The lowest BCUT2D eigenvalue weighted by Gasteiger charge is -2.06. The Balaban J connectivity index is 3.71. The van der Waals surface area contributed by atoms with Gasteiger partial charge in [-0.15, -0.1) is 0 Å². The van der Waals surface area contributed by atoms with Crippen molar-refractivity contribution in [3.63, 3.8) is 0 Å². The monoisotopic (exact) mass is 299 g/mol. The molecule has 0 aliphatic rings. The normalized spacial score (nSPS) is 10.0. The first kappa shape index (κ1) is 19.2. The molecule has 0 aliphatic heterocycles. The maximum atomic E-state index is 11.5. The summed E-state index contributed by atoms with van der Waals surface area (Å²) in [4.78, 5) is 45.3. The van der Waals surface area contributed by atoms with Crippen LogP contribution in [-0.4, -0.2) is 50.1 Å². The molecule has 2 amide bonds. The van der Waals surface area contributed by atoms with Crippen LogP contribution in [0.3, 0.4) is 0 Å². The minimum atomic E-state index is -0.704. The number of carbonyl (C=O) groups excluding carboxylic acids is 4. The first-order valence-corrected chi connectivity index (χ1v) is 7.29. The largest absolute Gasteiger partial charge is 0.348 e. The van der Waals surface area contributed by atoms with E-state index in [0.29, 0.717) is 0 Å². The van der Waals surface area contributed by atoms with Gasteiger partial charge in [0.15, 0.2) is 0 Å². The molecule has 0 unspecified atom stereocenters. The lowest BCUT2D eigenvalue weighted by atomic mass is 10.1. The van der Waals surface area contributed by atoms with E-state index >= 15 is 0 Å². The Morgan fingerprint density at radius 2 is 1.38 bits per heavy atom. The molecule has 0 rings (SSSR count). The van der Waals surface area contributed by atoms with Crippen molar-refractivity contribution in [3.8, 4) is 0 Å². The molecule has 0 saturated heterocycles. The van der Waals surface area contributed by atoms with Crippen LogP contribution < -0.4 is 16.0 Å². The van der Waals surface area contributed by atoms with Crippen LogP contribution in [0.15, 0.2) is 0 Å². The quantitative estimate of drug-likeness (QED) is 0.334. The second-order valence-electron chi connectivity index (χ2n) is 4.70. The van der Waals surface area contributed by atoms with Gasteiger partial charge in [0.1, 0.15) is 0 Å². The van der Waals surface area contributed by atoms with Crippen LogP contribution in [0, 0.1) is 0 Å². The van der Waals surface area contributed by atoms with E-state index in [0.717, 1.165) is 25.7 Å². The summed E-state index contributed by atoms with van der Waals surface area (Å²) in [5, 5.41) is 7.36. The van der Waals surface area contributed by atoms with Gasteiger partial charge >= 0.3 is 0 Å². The summed E-state index contributed by atoms with van der Waals surface area (Å²) in [7, 11) is 1.57. The van der Waals surface area contributed by atoms with Crippen LogP contribution in [0.4, 0.5) is 0 Å². The zero-order valence-corrected chi connectivity index (χ0v) is 12.8. The molecule has 0 spiro atoms. The molecule has 0 atom stereocenters. The molecule has 3 N–H and O–H groups in total. The number of hydrogen-bond acceptors (Lipinski definition) is 5. The van der Waals surface area contributed by atoms with E-state index in [4.69, 9.17) is 0 Å². The van der Waals surface area contributed by atoms with Crippen molar-refractivity contribution in [1.29, 1.82) is 0 Å². The average molecular weight is 299 g/mol. The van der Waals surface area contributed by atoms with E-state index < -0.39 is 23.4 Å². The van der Waals surface area contributed by atoms with Gasteiger partial charge in [-0.3, -0.25) is 19.2 Å². The van der Waals surface area contributed by atoms with Crippen LogP contribution in [0.25, 0.3) is 0 Å². The molecule has 0 heterocycles. The molecule has 7 heteroatoms. The Kier molecular flexibility index (Phi) is 11.0. The van der Waals surface area contributed by atoms with Gasteiger partial charge in [0.2, 0.25) is 11.6 Å². The predicted octanol–water partition coefficient (Wildman–Crippen LogP) is -0.453. The van der Waals surface area contributed by atoms with Gasteiger partial charge in [0, 0.05) is 19.5 Å². The number of amides is 2. The average Bonchev–Trinajstić information content (AvgIpc) is 2.47. The maximum Gasteiger partial charge on any atom is 0.288 e. The van der Waals surface area contributed by atoms with Gasteiger partial charge < -0.3 is 16.0 Å². The molecule has 0 fully saturated rings. The SMILES string of the molecule is CCCCCCC(=O)C(=O)NCCNC(=O)C(=O)CNC. The Morgan fingerprint density at radius 3 is 1.90 bits per heavy atom. The first-order valence-electron chi connectivity index (χ1n) is 7.29. The third-order valence-electron chi connectivity index (χ3n) is 2.80. The number of rotatable bonds is 12. The van der Waals surface area contributed by atoms with Gasteiger partial charge in [-0.1, -0.05) is 26.2 Å². The Hall–Kier alpha value is -1.76. The zero-order valence-electron chi connectivity index (χ0n) is 12.8. The van der Waals surface area contributed by atoms with E-state index in [-0.39, 0.29) is 26.1 Å². The second kappa shape index (κ2) is 12.0. The van der Waals surface area contributed by atoms with Gasteiger partial charge in [0.25, 0.3) is 11.8 Å². The van der Waals surface area contributed by atoms with Gasteiger partial charge in [-0.05, 0) is 13.5 Å². The molecule has 0 aromatic heterocycles. The van der Waals surface area contributed by atoms with E-state index in [1.54, 1.807) is 7.05 Å². The molecular formula is C14H25N3O4. The lowest BCUT2D eigenvalue weighted by Crippen LogP contribution is -2.41. The number of likely N-dealkylation sites (N-methyl/N-ethyl adjacent to an activating group) is 1. The smallest absolute Gasteiger partial charge is 0.288 e. The zero-order chi connectivity index (χ0) is 16.1. The fourth-order valence-electron chi connectivity index (χ4n) is 1.62. The highest BCUT2D eigenvalue weighted by Crippen LogP contribution is 2.02. The number of carbonyl (C=O) groups is 4. The van der Waals surface area contributed by atoms with Crippen LogP contribution in [0.5, 0.6) is 0 Å². The van der Waals surface area contributed by atoms with E-state index in [2.05, 4.69) is 22.9 Å². The van der Waals surface area contributed by atoms with Crippen molar-refractivity contribution in [1.82, 2.24) is 16.0 Å². The van der Waals surface area contributed by atoms with Crippen LogP contribution in [0.1, 0.15) is 39.0 Å². The minimum Gasteiger partial charge on any atom is -0.348 e. The summed E-state index contributed by atoms with van der Waals surface area (Å²) >= 11 is 0. The molecule has 0 aliphatic carbocycles. The van der Waals surface area contributed by atoms with Crippen LogP contribution >= 0.6 is 0 Å². The van der Waals surface area contributed by atoms with Crippen LogP contribution in [-0.2, 0) is 19.2 Å². The van der Waals surface area contributed by atoms with Crippen molar-refractivity contribution >= 4 is 23.4 Å². The molecule has 7 nitrogen and oxygen atoms in total. The fraction of sp³-hybridized carbons (Fsp3) is 0.714. The highest BCUT2D eigenvalue weighted by Gasteiger charge is 2.13. The van der Waals surface area contributed by atoms with Gasteiger partial charge in [0.05, 0.1) is 6.54 Å². The fourth-order valence-corrected chi connectivity index (χ4v) is 1.62. The lowest BCUT2D eigenvalue weighted by molar-refractivity contribution is -0.138. The number of nitrogens with one attached hydrogen (secondary N) is 3. The van der Waals surface area contributed by atoms with Crippen molar-refractivity contribution in [2.75, 3.05) is 26.7 Å². The number of unbranched alkanes of at least 4 members (excludes halogenated alkanes) is 3. The summed E-state index contributed by atoms with van der Waals surface area (Å²) in [6.07, 6.45) is 4.04. The van der Waals surface area contributed by atoms with E-state index in [1.165, 1.54) is 0 Å². The third kappa shape index (κ3) is 9.73. The number of ketones is 2. The molecule has 0 aromatic carbocycles. The Labute approximate surface area is 125 Å². The molecule has 0 bridgehead atoms. The summed E-state index contributed by atoms with van der Waals surface area (Å²) in [6.45, 7) is 2.28. The topological polar surface area (TPSA) is 104 Å². The number of Topliss-reactive ketones (excluding diaryl/α,β-unsaturated/α-hetero) is 2. The maximum absolute atomic E-state index is 11.5. The standard InChI is InChI=1S/C14H25N3O4/c1-3-4-5-6-7-11(18)13(20)16-8-9-17-14(21)12(19)10-15-2/h15H,3-10H2,1-2H3,(H,16,20)(H,17,21). The summed E-state index contributed by atoms with van der Waals surface area (Å²) in [6, 6.07) is 0. The van der Waals surface area contributed by atoms with Crippen molar-refractivity contribution < 1.29 is 19.2 Å². The molecule has 0 saturated carbocycles.